The van der Waals surface area contributed by atoms with Crippen molar-refractivity contribution >= 4 is 27.3 Å². The van der Waals surface area contributed by atoms with E-state index in [4.69, 9.17) is 9.47 Å². The fourth-order valence-corrected chi connectivity index (χ4v) is 4.55. The van der Waals surface area contributed by atoms with Crippen LogP contribution in [0.4, 0.5) is 11.4 Å². The normalized spacial score (nSPS) is 22.6. The highest BCUT2D eigenvalue weighted by Gasteiger charge is 2.41. The van der Waals surface area contributed by atoms with Gasteiger partial charge in [0, 0.05) is 22.0 Å². The Labute approximate surface area is 165 Å². The summed E-state index contributed by atoms with van der Waals surface area (Å²) in [7, 11) is 3.20. The number of allylic oxidation sites excluding steroid dienone is 2. The van der Waals surface area contributed by atoms with Crippen molar-refractivity contribution in [3.8, 4) is 11.5 Å². The summed E-state index contributed by atoms with van der Waals surface area (Å²) in [6, 6.07) is 9.09. The number of rotatable bonds is 4. The summed E-state index contributed by atoms with van der Waals surface area (Å²) >= 11 is 3.55. The van der Waals surface area contributed by atoms with Crippen LogP contribution in [-0.4, -0.2) is 19.1 Å². The average Bonchev–Trinajstić information content (AvgIpc) is 3.16. The molecule has 0 saturated carbocycles. The molecular formula is C20H19BrN2O4. The number of halogens is 1. The van der Waals surface area contributed by atoms with Gasteiger partial charge in [-0.2, -0.15) is 0 Å². The lowest BCUT2D eigenvalue weighted by atomic mass is 9.76. The van der Waals surface area contributed by atoms with Gasteiger partial charge in [-0.05, 0) is 36.1 Å². The number of fused-ring (bicyclic) bond motifs is 3. The molecule has 1 aliphatic heterocycles. The molecule has 0 fully saturated rings. The Morgan fingerprint density at radius 1 is 1.15 bits per heavy atom. The zero-order valence-electron chi connectivity index (χ0n) is 14.9. The maximum atomic E-state index is 11.3. The number of anilines is 1. The fourth-order valence-electron chi connectivity index (χ4n) is 4.17. The quantitative estimate of drug-likeness (QED) is 0.409. The minimum atomic E-state index is -0.375. The van der Waals surface area contributed by atoms with Gasteiger partial charge in [-0.3, -0.25) is 10.1 Å². The second kappa shape index (κ2) is 6.88. The number of benzene rings is 2. The molecule has 0 aromatic heterocycles. The predicted octanol–water partition coefficient (Wildman–Crippen LogP) is 5.20. The first-order valence-corrected chi connectivity index (χ1v) is 9.45. The first-order chi connectivity index (χ1) is 13.0. The van der Waals surface area contributed by atoms with Crippen LogP contribution in [0, 0.1) is 16.0 Å². The van der Waals surface area contributed by atoms with E-state index >= 15 is 0 Å². The maximum Gasteiger partial charge on any atom is 0.273 e. The molecule has 1 aliphatic carbocycles. The summed E-state index contributed by atoms with van der Waals surface area (Å²) in [6.45, 7) is 0. The second-order valence-electron chi connectivity index (χ2n) is 6.73. The van der Waals surface area contributed by atoms with Crippen molar-refractivity contribution < 1.29 is 14.4 Å². The molecule has 0 spiro atoms. The van der Waals surface area contributed by atoms with Crippen LogP contribution in [-0.2, 0) is 0 Å². The summed E-state index contributed by atoms with van der Waals surface area (Å²) in [5.41, 5.74) is 2.81. The highest BCUT2D eigenvalue weighted by molar-refractivity contribution is 9.10. The van der Waals surface area contributed by atoms with E-state index in [-0.39, 0.29) is 28.5 Å². The molecule has 7 heteroatoms. The maximum absolute atomic E-state index is 11.3. The summed E-state index contributed by atoms with van der Waals surface area (Å²) in [4.78, 5) is 11.0. The Bertz CT molecular complexity index is 944. The summed E-state index contributed by atoms with van der Waals surface area (Å²) in [5, 5.41) is 14.9. The van der Waals surface area contributed by atoms with Gasteiger partial charge in [-0.15, -0.1) is 0 Å². The summed E-state index contributed by atoms with van der Waals surface area (Å²) < 4.78 is 12.1. The molecule has 0 radical (unpaired) electrons. The van der Waals surface area contributed by atoms with E-state index in [0.717, 1.165) is 33.5 Å². The molecule has 2 aromatic carbocycles. The zero-order chi connectivity index (χ0) is 19.1. The van der Waals surface area contributed by atoms with Gasteiger partial charge in [0.15, 0.2) is 0 Å². The Hall–Kier alpha value is -2.54. The molecule has 1 heterocycles. The van der Waals surface area contributed by atoms with E-state index in [9.17, 15) is 10.1 Å². The van der Waals surface area contributed by atoms with Gasteiger partial charge in [0.25, 0.3) is 5.69 Å². The van der Waals surface area contributed by atoms with Crippen LogP contribution < -0.4 is 14.8 Å². The molecule has 0 bridgehead atoms. The average molecular weight is 431 g/mol. The zero-order valence-corrected chi connectivity index (χ0v) is 16.5. The first kappa shape index (κ1) is 17.9. The number of hydrogen-bond donors (Lipinski definition) is 1. The summed E-state index contributed by atoms with van der Waals surface area (Å²) in [6.07, 6.45) is 5.18. The van der Waals surface area contributed by atoms with E-state index in [1.165, 1.54) is 13.2 Å². The number of nitro benzene ring substituents is 1. The van der Waals surface area contributed by atoms with Crippen LogP contribution in [0.25, 0.3) is 0 Å². The van der Waals surface area contributed by atoms with Crippen LogP contribution >= 0.6 is 15.9 Å². The van der Waals surface area contributed by atoms with Crippen LogP contribution in [0.1, 0.15) is 29.5 Å². The molecule has 0 unspecified atom stereocenters. The molecule has 6 nitrogen and oxygen atoms in total. The summed E-state index contributed by atoms with van der Waals surface area (Å²) in [5.74, 6) is 1.62. The van der Waals surface area contributed by atoms with Gasteiger partial charge in [0.05, 0.1) is 36.9 Å². The number of methoxy groups -OCH3 is 2. The fraction of sp³-hybridized carbons (Fsp3) is 0.300. The monoisotopic (exact) mass is 430 g/mol. The number of nitrogens with one attached hydrogen (secondary N) is 1. The van der Waals surface area contributed by atoms with Gasteiger partial charge in [0.1, 0.15) is 11.5 Å². The van der Waals surface area contributed by atoms with Crippen molar-refractivity contribution in [3.05, 3.63) is 68.2 Å². The van der Waals surface area contributed by atoms with Crippen LogP contribution in [0.5, 0.6) is 11.5 Å². The smallest absolute Gasteiger partial charge is 0.273 e. The molecule has 2 aliphatic rings. The largest absolute Gasteiger partial charge is 0.496 e. The van der Waals surface area contributed by atoms with Crippen molar-refractivity contribution in [2.24, 2.45) is 5.92 Å². The lowest BCUT2D eigenvalue weighted by molar-refractivity contribution is -0.385. The van der Waals surface area contributed by atoms with Gasteiger partial charge in [-0.25, -0.2) is 0 Å². The van der Waals surface area contributed by atoms with Crippen molar-refractivity contribution in [2.45, 2.75) is 18.4 Å². The van der Waals surface area contributed by atoms with Crippen LogP contribution in [0.15, 0.2) is 47.0 Å². The first-order valence-electron chi connectivity index (χ1n) is 8.66. The van der Waals surface area contributed by atoms with E-state index in [0.29, 0.717) is 5.75 Å². The number of nitro groups is 1. The van der Waals surface area contributed by atoms with Crippen molar-refractivity contribution in [1.82, 2.24) is 0 Å². The molecule has 1 N–H and O–H groups in total. The van der Waals surface area contributed by atoms with E-state index in [2.05, 4.69) is 39.5 Å². The van der Waals surface area contributed by atoms with Gasteiger partial charge >= 0.3 is 0 Å². The molecule has 2 aromatic rings. The molecular weight excluding hydrogens is 412 g/mol. The number of ether oxygens (including phenoxy) is 2. The number of hydrogen-bond acceptors (Lipinski definition) is 5. The molecule has 0 saturated heterocycles. The molecule has 140 valence electrons. The third kappa shape index (κ3) is 2.96. The van der Waals surface area contributed by atoms with E-state index in [1.54, 1.807) is 13.2 Å². The highest BCUT2D eigenvalue weighted by atomic mass is 79.9. The Balaban J connectivity index is 1.87. The number of nitrogens with zero attached hydrogens (tertiary/aromatic N) is 1. The molecule has 4 rings (SSSR count). The Morgan fingerprint density at radius 2 is 1.93 bits per heavy atom. The Morgan fingerprint density at radius 3 is 2.63 bits per heavy atom. The van der Waals surface area contributed by atoms with Gasteiger partial charge in [0.2, 0.25) is 0 Å². The SMILES string of the molecule is COc1ccc(Br)cc1[C@@H]1Nc2c(OC)cc([N+](=O)[O-])cc2[C@@H]2C=CC[C@@H]21. The van der Waals surface area contributed by atoms with E-state index in [1.807, 2.05) is 12.1 Å². The van der Waals surface area contributed by atoms with Crippen LogP contribution in [0.2, 0.25) is 0 Å². The molecule has 27 heavy (non-hydrogen) atoms. The van der Waals surface area contributed by atoms with Gasteiger partial charge in [-0.1, -0.05) is 28.1 Å². The predicted molar refractivity (Wildman–Crippen MR) is 107 cm³/mol. The topological polar surface area (TPSA) is 73.6 Å². The minimum Gasteiger partial charge on any atom is -0.496 e. The number of non-ortho nitro benzene ring substituents is 1. The van der Waals surface area contributed by atoms with E-state index < -0.39 is 0 Å². The second-order valence-corrected chi connectivity index (χ2v) is 7.65. The Kier molecular flexibility index (Phi) is 4.55. The lowest BCUT2D eigenvalue weighted by Crippen LogP contribution is -2.29. The minimum absolute atomic E-state index is 0.000283. The molecule has 3 atom stereocenters. The third-order valence-electron chi connectivity index (χ3n) is 5.38. The highest BCUT2D eigenvalue weighted by Crippen LogP contribution is 2.54. The lowest BCUT2D eigenvalue weighted by Gasteiger charge is -2.38. The van der Waals surface area contributed by atoms with Crippen molar-refractivity contribution in [3.63, 3.8) is 0 Å². The standard InChI is InChI=1S/C20H19BrN2O4/c1-26-17-7-6-11(21)8-16(17)19-14-5-3-4-13(14)15-9-12(23(24)25)10-18(27-2)20(15)22-19/h3-4,6-10,13-14,19,22H,5H2,1-2H3/t13-,14+,19-/m1/s1. The van der Waals surface area contributed by atoms with Crippen molar-refractivity contribution in [2.75, 3.05) is 19.5 Å². The van der Waals surface area contributed by atoms with Crippen molar-refractivity contribution in [1.29, 1.82) is 0 Å². The van der Waals surface area contributed by atoms with Gasteiger partial charge < -0.3 is 14.8 Å². The third-order valence-corrected chi connectivity index (χ3v) is 5.87. The molecule has 0 amide bonds. The van der Waals surface area contributed by atoms with Crippen LogP contribution in [0.3, 0.4) is 0 Å².